The molecule has 0 aromatic heterocycles. The molecule has 0 N–H and O–H groups in total. The highest BCUT2D eigenvalue weighted by Gasteiger charge is 2.32. The summed E-state index contributed by atoms with van der Waals surface area (Å²) in [4.78, 5) is 14.4. The number of nitrogens with zero attached hydrogens (tertiary/aromatic N) is 1. The van der Waals surface area contributed by atoms with Crippen LogP contribution in [0, 0.1) is 5.82 Å². The maximum Gasteiger partial charge on any atom is 0.232 e. The van der Waals surface area contributed by atoms with Crippen molar-refractivity contribution in [3.05, 3.63) is 30.1 Å². The fourth-order valence-electron chi connectivity index (χ4n) is 2.07. The lowest BCUT2D eigenvalue weighted by Gasteiger charge is -2.15. The Hall–Kier alpha value is -1.08. The molecular formula is C13H16FNO3S2. The molecule has 0 bridgehead atoms. The molecule has 1 atom stereocenters. The predicted octanol–water partition coefficient (Wildman–Crippen LogP) is 1.56. The van der Waals surface area contributed by atoms with E-state index in [9.17, 15) is 17.6 Å². The lowest BCUT2D eigenvalue weighted by Crippen LogP contribution is -2.32. The number of benzene rings is 1. The molecule has 1 amide bonds. The van der Waals surface area contributed by atoms with Gasteiger partial charge in [-0.05, 0) is 30.7 Å². The molecule has 110 valence electrons. The summed E-state index contributed by atoms with van der Waals surface area (Å²) in [6.07, 6.45) is 1.71. The Labute approximate surface area is 122 Å². The number of halogens is 1. The van der Waals surface area contributed by atoms with Crippen LogP contribution in [-0.2, 0) is 14.6 Å². The Morgan fingerprint density at radius 1 is 1.40 bits per heavy atom. The van der Waals surface area contributed by atoms with Gasteiger partial charge in [-0.2, -0.15) is 0 Å². The molecule has 1 aliphatic heterocycles. The van der Waals surface area contributed by atoms with E-state index in [0.717, 1.165) is 4.90 Å². The van der Waals surface area contributed by atoms with Gasteiger partial charge in [0.1, 0.15) is 5.82 Å². The lowest BCUT2D eigenvalue weighted by atomic mass is 10.4. The number of carbonyl (C=O) groups excluding carboxylic acids is 1. The van der Waals surface area contributed by atoms with Crippen molar-refractivity contribution in [2.45, 2.75) is 16.6 Å². The average Bonchev–Trinajstić information content (AvgIpc) is 2.87. The molecule has 1 aliphatic rings. The summed E-state index contributed by atoms with van der Waals surface area (Å²) in [6, 6.07) is 5.94. The molecule has 20 heavy (non-hydrogen) atoms. The van der Waals surface area contributed by atoms with E-state index in [1.807, 2.05) is 0 Å². The van der Waals surface area contributed by atoms with Crippen molar-refractivity contribution >= 4 is 27.5 Å². The Morgan fingerprint density at radius 3 is 2.60 bits per heavy atom. The molecule has 1 fully saturated rings. The molecule has 0 spiro atoms. The van der Waals surface area contributed by atoms with Gasteiger partial charge in [0, 0.05) is 24.2 Å². The third-order valence-electron chi connectivity index (χ3n) is 3.28. The predicted molar refractivity (Wildman–Crippen MR) is 77.0 cm³/mol. The molecule has 4 nitrogen and oxygen atoms in total. The number of likely N-dealkylation sites (tertiary alicyclic amines) is 1. The van der Waals surface area contributed by atoms with Crippen molar-refractivity contribution in [2.75, 3.05) is 25.1 Å². The van der Waals surface area contributed by atoms with E-state index in [1.54, 1.807) is 17.0 Å². The van der Waals surface area contributed by atoms with Gasteiger partial charge in [-0.15, -0.1) is 11.8 Å². The zero-order chi connectivity index (χ0) is 14.8. The first-order valence-corrected chi connectivity index (χ1v) is 9.15. The minimum absolute atomic E-state index is 0.0783. The first kappa shape index (κ1) is 15.3. The second-order valence-corrected chi connectivity index (χ2v) is 8.20. The summed E-state index contributed by atoms with van der Waals surface area (Å²) in [7, 11) is -3.08. The van der Waals surface area contributed by atoms with Gasteiger partial charge < -0.3 is 4.90 Å². The van der Waals surface area contributed by atoms with Gasteiger partial charge in [0.05, 0.1) is 11.0 Å². The van der Waals surface area contributed by atoms with Crippen LogP contribution in [0.3, 0.4) is 0 Å². The van der Waals surface area contributed by atoms with Crippen LogP contribution >= 0.6 is 11.8 Å². The van der Waals surface area contributed by atoms with Gasteiger partial charge in [-0.25, -0.2) is 12.8 Å². The number of rotatable bonds is 4. The van der Waals surface area contributed by atoms with E-state index in [2.05, 4.69) is 0 Å². The summed E-state index contributed by atoms with van der Waals surface area (Å²) in [5.74, 6) is -0.149. The summed E-state index contributed by atoms with van der Waals surface area (Å²) >= 11 is 1.33. The maximum absolute atomic E-state index is 12.7. The molecule has 0 radical (unpaired) electrons. The smallest absolute Gasteiger partial charge is 0.232 e. The lowest BCUT2D eigenvalue weighted by molar-refractivity contribution is -0.127. The molecule has 0 aliphatic carbocycles. The van der Waals surface area contributed by atoms with E-state index >= 15 is 0 Å². The van der Waals surface area contributed by atoms with E-state index in [-0.39, 0.29) is 24.0 Å². The highest BCUT2D eigenvalue weighted by atomic mass is 32.2. The number of thioether (sulfide) groups is 1. The molecular weight excluding hydrogens is 301 g/mol. The fraction of sp³-hybridized carbons (Fsp3) is 0.462. The highest BCUT2D eigenvalue weighted by Crippen LogP contribution is 2.21. The van der Waals surface area contributed by atoms with Crippen LogP contribution in [0.25, 0.3) is 0 Å². The molecule has 1 aromatic rings. The summed E-state index contributed by atoms with van der Waals surface area (Å²) in [6.45, 7) is 0.766. The largest absolute Gasteiger partial charge is 0.341 e. The van der Waals surface area contributed by atoms with Crippen LogP contribution in [0.15, 0.2) is 29.2 Å². The fourth-order valence-corrected chi connectivity index (χ4v) is 3.86. The molecule has 2 rings (SSSR count). The third-order valence-corrected chi connectivity index (χ3v) is 5.87. The number of carbonyl (C=O) groups is 1. The van der Waals surface area contributed by atoms with Gasteiger partial charge in [-0.3, -0.25) is 4.79 Å². The summed E-state index contributed by atoms with van der Waals surface area (Å²) in [5.41, 5.74) is 0. The standard InChI is InChI=1S/C13H16FNO3S2/c1-20(17,18)12-6-7-15(8-12)13(16)9-19-11-4-2-10(14)3-5-11/h2-5,12H,6-9H2,1H3/t12-/m0/s1. The molecule has 0 unspecified atom stereocenters. The van der Waals surface area contributed by atoms with Crippen LogP contribution in [0.5, 0.6) is 0 Å². The van der Waals surface area contributed by atoms with Gasteiger partial charge in [-0.1, -0.05) is 0 Å². The van der Waals surface area contributed by atoms with Crippen molar-refractivity contribution in [3.8, 4) is 0 Å². The van der Waals surface area contributed by atoms with E-state index in [4.69, 9.17) is 0 Å². The van der Waals surface area contributed by atoms with Gasteiger partial charge in [0.2, 0.25) is 5.91 Å². The topological polar surface area (TPSA) is 54.5 Å². The van der Waals surface area contributed by atoms with Gasteiger partial charge >= 0.3 is 0 Å². The number of hydrogen-bond donors (Lipinski definition) is 0. The molecule has 7 heteroatoms. The summed E-state index contributed by atoms with van der Waals surface area (Å²) < 4.78 is 35.6. The van der Waals surface area contributed by atoms with Crippen LogP contribution in [0.2, 0.25) is 0 Å². The van der Waals surface area contributed by atoms with Crippen molar-refractivity contribution in [1.82, 2.24) is 4.90 Å². The minimum atomic E-state index is -3.08. The molecule has 0 saturated carbocycles. The summed E-state index contributed by atoms with van der Waals surface area (Å²) in [5, 5.41) is -0.442. The number of hydrogen-bond acceptors (Lipinski definition) is 4. The second kappa shape index (κ2) is 6.13. The Balaban J connectivity index is 1.86. The van der Waals surface area contributed by atoms with E-state index < -0.39 is 15.1 Å². The molecule has 1 saturated heterocycles. The second-order valence-electron chi connectivity index (χ2n) is 4.82. The highest BCUT2D eigenvalue weighted by molar-refractivity contribution is 8.00. The van der Waals surface area contributed by atoms with E-state index in [1.165, 1.54) is 30.2 Å². The third kappa shape index (κ3) is 3.96. The normalized spacial score (nSPS) is 19.3. The minimum Gasteiger partial charge on any atom is -0.341 e. The number of sulfone groups is 1. The number of amides is 1. The van der Waals surface area contributed by atoms with Crippen LogP contribution in [-0.4, -0.2) is 49.6 Å². The Morgan fingerprint density at radius 2 is 2.05 bits per heavy atom. The van der Waals surface area contributed by atoms with Crippen LogP contribution in [0.1, 0.15) is 6.42 Å². The van der Waals surface area contributed by atoms with Crippen molar-refractivity contribution in [3.63, 3.8) is 0 Å². The molecule has 1 heterocycles. The van der Waals surface area contributed by atoms with Gasteiger partial charge in [0.25, 0.3) is 0 Å². The van der Waals surface area contributed by atoms with Crippen molar-refractivity contribution in [1.29, 1.82) is 0 Å². The Kier molecular flexibility index (Phi) is 4.70. The SMILES string of the molecule is CS(=O)(=O)[C@H]1CCN(C(=O)CSc2ccc(F)cc2)C1. The molecule has 1 aromatic carbocycles. The van der Waals surface area contributed by atoms with Crippen LogP contribution < -0.4 is 0 Å². The monoisotopic (exact) mass is 317 g/mol. The van der Waals surface area contributed by atoms with Crippen molar-refractivity contribution in [2.24, 2.45) is 0 Å². The van der Waals surface area contributed by atoms with E-state index in [0.29, 0.717) is 13.0 Å². The maximum atomic E-state index is 12.7. The quantitative estimate of drug-likeness (QED) is 0.791. The first-order chi connectivity index (χ1) is 9.36. The zero-order valence-electron chi connectivity index (χ0n) is 11.1. The first-order valence-electron chi connectivity index (χ1n) is 6.21. The van der Waals surface area contributed by atoms with Gasteiger partial charge in [0.15, 0.2) is 9.84 Å². The Bertz CT molecular complexity index is 586. The average molecular weight is 317 g/mol. The zero-order valence-corrected chi connectivity index (χ0v) is 12.7. The van der Waals surface area contributed by atoms with Crippen LogP contribution in [0.4, 0.5) is 4.39 Å². The van der Waals surface area contributed by atoms with Crippen molar-refractivity contribution < 1.29 is 17.6 Å².